The Morgan fingerprint density at radius 1 is 1.07 bits per heavy atom. The Bertz CT molecular complexity index is 861. The average molecular weight is 383 g/mol. The zero-order chi connectivity index (χ0) is 20.8. The Morgan fingerprint density at radius 3 is 2.43 bits per heavy atom. The highest BCUT2D eigenvalue weighted by molar-refractivity contribution is 6.04. The van der Waals surface area contributed by atoms with Crippen molar-refractivity contribution in [1.82, 2.24) is 5.32 Å². The summed E-state index contributed by atoms with van der Waals surface area (Å²) in [6.45, 7) is 11.6. The SMILES string of the molecule is CCC(C)NC(=O)c1ccccc1NC(=O)C(C)Oc1cc(C)cc(C)c1C. The molecule has 2 atom stereocenters. The van der Waals surface area contributed by atoms with E-state index >= 15 is 0 Å². The topological polar surface area (TPSA) is 67.4 Å². The predicted octanol–water partition coefficient (Wildman–Crippen LogP) is 4.55. The second kappa shape index (κ2) is 9.40. The standard InChI is InChI=1S/C23H30N2O3/c1-7-16(4)24-23(27)19-10-8-9-11-20(19)25-22(26)18(6)28-21-13-14(2)12-15(3)17(21)5/h8-13,16,18H,7H2,1-6H3,(H,24,27)(H,25,26). The first-order valence-electron chi connectivity index (χ1n) is 9.68. The highest BCUT2D eigenvalue weighted by atomic mass is 16.5. The smallest absolute Gasteiger partial charge is 0.265 e. The van der Waals surface area contributed by atoms with Crippen LogP contribution < -0.4 is 15.4 Å². The van der Waals surface area contributed by atoms with E-state index in [1.54, 1.807) is 31.2 Å². The molecule has 150 valence electrons. The zero-order valence-electron chi connectivity index (χ0n) is 17.6. The molecule has 2 unspecified atom stereocenters. The van der Waals surface area contributed by atoms with E-state index in [1.807, 2.05) is 40.7 Å². The first-order chi connectivity index (χ1) is 13.2. The number of anilines is 1. The fraction of sp³-hybridized carbons (Fsp3) is 0.391. The number of ether oxygens (including phenoxy) is 1. The van der Waals surface area contributed by atoms with Crippen LogP contribution in [0, 0.1) is 20.8 Å². The van der Waals surface area contributed by atoms with E-state index in [-0.39, 0.29) is 17.9 Å². The van der Waals surface area contributed by atoms with Gasteiger partial charge in [-0.05, 0) is 75.9 Å². The van der Waals surface area contributed by atoms with E-state index in [1.165, 1.54) is 0 Å². The third kappa shape index (κ3) is 5.35. The van der Waals surface area contributed by atoms with Crippen LogP contribution in [-0.2, 0) is 4.79 Å². The molecule has 2 N–H and O–H groups in total. The molecular formula is C23H30N2O3. The summed E-state index contributed by atoms with van der Waals surface area (Å²) >= 11 is 0. The Morgan fingerprint density at radius 2 is 1.75 bits per heavy atom. The van der Waals surface area contributed by atoms with Gasteiger partial charge in [0.05, 0.1) is 11.3 Å². The second-order valence-corrected chi connectivity index (χ2v) is 7.28. The normalized spacial score (nSPS) is 12.8. The van der Waals surface area contributed by atoms with Crippen molar-refractivity contribution < 1.29 is 14.3 Å². The maximum atomic E-state index is 12.7. The lowest BCUT2D eigenvalue weighted by atomic mass is 10.1. The second-order valence-electron chi connectivity index (χ2n) is 7.28. The van der Waals surface area contributed by atoms with Crippen LogP contribution in [0.3, 0.4) is 0 Å². The molecule has 0 heterocycles. The lowest BCUT2D eigenvalue weighted by Crippen LogP contribution is -2.34. The average Bonchev–Trinajstić information content (AvgIpc) is 2.65. The van der Waals surface area contributed by atoms with Crippen LogP contribution in [0.25, 0.3) is 0 Å². The summed E-state index contributed by atoms with van der Waals surface area (Å²) in [6.07, 6.45) is 0.131. The van der Waals surface area contributed by atoms with Gasteiger partial charge in [-0.2, -0.15) is 0 Å². The van der Waals surface area contributed by atoms with Crippen molar-refractivity contribution in [2.24, 2.45) is 0 Å². The predicted molar refractivity (Wildman–Crippen MR) is 113 cm³/mol. The van der Waals surface area contributed by atoms with Crippen molar-refractivity contribution in [2.45, 2.75) is 60.1 Å². The summed E-state index contributed by atoms with van der Waals surface area (Å²) in [5, 5.41) is 5.75. The Balaban J connectivity index is 2.14. The molecule has 0 aliphatic carbocycles. The molecule has 5 heteroatoms. The summed E-state index contributed by atoms with van der Waals surface area (Å²) < 4.78 is 5.91. The lowest BCUT2D eigenvalue weighted by Gasteiger charge is -2.19. The van der Waals surface area contributed by atoms with Crippen molar-refractivity contribution >= 4 is 17.5 Å². The maximum absolute atomic E-state index is 12.7. The molecule has 5 nitrogen and oxygen atoms in total. The number of carbonyl (C=O) groups is 2. The summed E-state index contributed by atoms with van der Waals surface area (Å²) in [6, 6.07) is 11.1. The molecule has 0 bridgehead atoms. The molecular weight excluding hydrogens is 352 g/mol. The van der Waals surface area contributed by atoms with E-state index in [0.29, 0.717) is 17.0 Å². The maximum Gasteiger partial charge on any atom is 0.265 e. The van der Waals surface area contributed by atoms with E-state index in [0.717, 1.165) is 23.1 Å². The van der Waals surface area contributed by atoms with Crippen molar-refractivity contribution in [3.8, 4) is 5.75 Å². The van der Waals surface area contributed by atoms with Gasteiger partial charge < -0.3 is 15.4 Å². The van der Waals surface area contributed by atoms with Gasteiger partial charge in [-0.3, -0.25) is 9.59 Å². The molecule has 2 aromatic rings. The number of hydrogen-bond acceptors (Lipinski definition) is 3. The largest absolute Gasteiger partial charge is 0.481 e. The summed E-state index contributed by atoms with van der Waals surface area (Å²) in [5.74, 6) is 0.189. The number of para-hydroxylation sites is 1. The quantitative estimate of drug-likeness (QED) is 0.738. The first-order valence-corrected chi connectivity index (χ1v) is 9.68. The Labute approximate surface area is 167 Å². The number of rotatable bonds is 7. The van der Waals surface area contributed by atoms with Gasteiger partial charge in [-0.25, -0.2) is 0 Å². The van der Waals surface area contributed by atoms with E-state index < -0.39 is 6.10 Å². The van der Waals surface area contributed by atoms with Gasteiger partial charge in [0, 0.05) is 6.04 Å². The van der Waals surface area contributed by atoms with Crippen LogP contribution in [-0.4, -0.2) is 24.0 Å². The van der Waals surface area contributed by atoms with E-state index in [9.17, 15) is 9.59 Å². The molecule has 2 amide bonds. The summed E-state index contributed by atoms with van der Waals surface area (Å²) in [4.78, 5) is 25.2. The van der Waals surface area contributed by atoms with Crippen molar-refractivity contribution in [3.63, 3.8) is 0 Å². The van der Waals surface area contributed by atoms with Crippen LogP contribution in [0.2, 0.25) is 0 Å². The van der Waals surface area contributed by atoms with Crippen LogP contribution in [0.5, 0.6) is 5.75 Å². The van der Waals surface area contributed by atoms with Gasteiger partial charge in [-0.15, -0.1) is 0 Å². The summed E-state index contributed by atoms with van der Waals surface area (Å²) in [5.41, 5.74) is 4.12. The molecule has 2 aromatic carbocycles. The molecule has 0 saturated carbocycles. The van der Waals surface area contributed by atoms with Gasteiger partial charge in [-0.1, -0.05) is 25.1 Å². The fourth-order valence-electron chi connectivity index (χ4n) is 2.80. The molecule has 0 aromatic heterocycles. The monoisotopic (exact) mass is 382 g/mol. The van der Waals surface area contributed by atoms with Crippen LogP contribution in [0.15, 0.2) is 36.4 Å². The number of nitrogens with one attached hydrogen (secondary N) is 2. The summed E-state index contributed by atoms with van der Waals surface area (Å²) in [7, 11) is 0. The van der Waals surface area contributed by atoms with Crippen molar-refractivity contribution in [3.05, 3.63) is 58.7 Å². The van der Waals surface area contributed by atoms with E-state index in [2.05, 4.69) is 16.7 Å². The molecule has 0 saturated heterocycles. The Hall–Kier alpha value is -2.82. The number of hydrogen-bond donors (Lipinski definition) is 2. The minimum Gasteiger partial charge on any atom is -0.481 e. The van der Waals surface area contributed by atoms with Crippen molar-refractivity contribution in [2.75, 3.05) is 5.32 Å². The minimum atomic E-state index is -0.703. The van der Waals surface area contributed by atoms with Gasteiger partial charge in [0.15, 0.2) is 6.10 Å². The third-order valence-electron chi connectivity index (χ3n) is 4.86. The Kier molecular flexibility index (Phi) is 7.21. The third-order valence-corrected chi connectivity index (χ3v) is 4.86. The van der Waals surface area contributed by atoms with Crippen LogP contribution in [0.1, 0.15) is 54.2 Å². The lowest BCUT2D eigenvalue weighted by molar-refractivity contribution is -0.122. The van der Waals surface area contributed by atoms with Gasteiger partial charge in [0.1, 0.15) is 5.75 Å². The first kappa shape index (κ1) is 21.5. The molecule has 0 fully saturated rings. The molecule has 0 spiro atoms. The number of aryl methyl sites for hydroxylation is 2. The molecule has 0 aliphatic heterocycles. The minimum absolute atomic E-state index is 0.0612. The zero-order valence-corrected chi connectivity index (χ0v) is 17.6. The van der Waals surface area contributed by atoms with Gasteiger partial charge >= 0.3 is 0 Å². The molecule has 0 aliphatic rings. The molecule has 0 radical (unpaired) electrons. The number of amides is 2. The van der Waals surface area contributed by atoms with Crippen LogP contribution in [0.4, 0.5) is 5.69 Å². The van der Waals surface area contributed by atoms with Gasteiger partial charge in [0.25, 0.3) is 11.8 Å². The van der Waals surface area contributed by atoms with Gasteiger partial charge in [0.2, 0.25) is 0 Å². The van der Waals surface area contributed by atoms with E-state index in [4.69, 9.17) is 4.74 Å². The molecule has 28 heavy (non-hydrogen) atoms. The highest BCUT2D eigenvalue weighted by Crippen LogP contribution is 2.25. The van der Waals surface area contributed by atoms with Crippen LogP contribution >= 0.6 is 0 Å². The molecule has 2 rings (SSSR count). The number of carbonyl (C=O) groups excluding carboxylic acids is 2. The van der Waals surface area contributed by atoms with Crippen molar-refractivity contribution in [1.29, 1.82) is 0 Å². The highest BCUT2D eigenvalue weighted by Gasteiger charge is 2.20. The fourth-order valence-corrected chi connectivity index (χ4v) is 2.80. The number of benzene rings is 2.